The van der Waals surface area contributed by atoms with Crippen LogP contribution in [0.5, 0.6) is 0 Å². The highest BCUT2D eigenvalue weighted by atomic mass is 19.1. The first-order chi connectivity index (χ1) is 8.41. The predicted molar refractivity (Wildman–Crippen MR) is 65.0 cm³/mol. The van der Waals surface area contributed by atoms with E-state index in [1.807, 2.05) is 0 Å². The third-order valence-electron chi connectivity index (χ3n) is 2.64. The molecule has 0 spiro atoms. The Balaban J connectivity index is 2.62. The molecule has 0 aliphatic rings. The lowest BCUT2D eigenvalue weighted by molar-refractivity contribution is -0.137. The van der Waals surface area contributed by atoms with Gasteiger partial charge in [-0.2, -0.15) is 0 Å². The minimum Gasteiger partial charge on any atom is -0.481 e. The summed E-state index contributed by atoms with van der Waals surface area (Å²) in [5.41, 5.74) is 0.825. The normalized spacial score (nSPS) is 10.2. The quantitative estimate of drug-likeness (QED) is 0.874. The Morgan fingerprint density at radius 3 is 2.61 bits per heavy atom. The molecule has 5 heteroatoms. The Hall–Kier alpha value is -1.91. The molecule has 0 fully saturated rings. The summed E-state index contributed by atoms with van der Waals surface area (Å²) in [6, 6.07) is 4.18. The van der Waals surface area contributed by atoms with Gasteiger partial charge in [0, 0.05) is 25.6 Å². The van der Waals surface area contributed by atoms with Crippen LogP contribution in [0, 0.1) is 12.7 Å². The number of nitrogens with zero attached hydrogens (tertiary/aromatic N) is 1. The van der Waals surface area contributed by atoms with Crippen molar-refractivity contribution in [1.29, 1.82) is 0 Å². The summed E-state index contributed by atoms with van der Waals surface area (Å²) in [5, 5.41) is 8.50. The van der Waals surface area contributed by atoms with Crippen LogP contribution in [0.4, 0.5) is 4.39 Å². The number of aliphatic carboxylic acids is 1. The summed E-state index contributed by atoms with van der Waals surface area (Å²) >= 11 is 0. The number of carbonyl (C=O) groups is 2. The lowest BCUT2D eigenvalue weighted by Gasteiger charge is -2.17. The zero-order valence-electron chi connectivity index (χ0n) is 10.4. The average molecular weight is 253 g/mol. The second-order valence-electron chi connectivity index (χ2n) is 4.19. The first-order valence-corrected chi connectivity index (χ1v) is 5.65. The third kappa shape index (κ3) is 3.84. The summed E-state index contributed by atoms with van der Waals surface area (Å²) in [7, 11) is 1.60. The van der Waals surface area contributed by atoms with Crippen LogP contribution in [-0.4, -0.2) is 35.5 Å². The molecule has 1 rings (SSSR count). The Kier molecular flexibility index (Phi) is 4.83. The number of rotatable bonds is 5. The summed E-state index contributed by atoms with van der Waals surface area (Å²) in [4.78, 5) is 23.7. The topological polar surface area (TPSA) is 57.6 Å². The fourth-order valence-electron chi connectivity index (χ4n) is 1.57. The van der Waals surface area contributed by atoms with Crippen LogP contribution in [0.1, 0.15) is 28.8 Å². The number of carboxylic acid groups (broad SMARTS) is 1. The standard InChI is InChI=1S/C13H16FNO3/c1-9-8-10(5-6-11(9)14)13(18)15(2)7-3-4-12(16)17/h5-6,8H,3-4,7H2,1-2H3,(H,16,17). The first-order valence-electron chi connectivity index (χ1n) is 5.65. The Morgan fingerprint density at radius 2 is 2.06 bits per heavy atom. The van der Waals surface area contributed by atoms with E-state index in [4.69, 9.17) is 5.11 Å². The first kappa shape index (κ1) is 14.2. The van der Waals surface area contributed by atoms with Crippen molar-refractivity contribution in [2.24, 2.45) is 0 Å². The van der Waals surface area contributed by atoms with Gasteiger partial charge < -0.3 is 10.0 Å². The molecule has 0 aliphatic carbocycles. The number of aryl methyl sites for hydroxylation is 1. The van der Waals surface area contributed by atoms with Gasteiger partial charge in [-0.1, -0.05) is 0 Å². The minimum atomic E-state index is -0.881. The predicted octanol–water partition coefficient (Wildman–Crippen LogP) is 2.07. The van der Waals surface area contributed by atoms with Gasteiger partial charge in [0.15, 0.2) is 0 Å². The van der Waals surface area contributed by atoms with Crippen LogP contribution >= 0.6 is 0 Å². The van der Waals surface area contributed by atoms with E-state index >= 15 is 0 Å². The van der Waals surface area contributed by atoms with E-state index in [9.17, 15) is 14.0 Å². The monoisotopic (exact) mass is 253 g/mol. The lowest BCUT2D eigenvalue weighted by atomic mass is 10.1. The van der Waals surface area contributed by atoms with Crippen LogP contribution in [0.25, 0.3) is 0 Å². The minimum absolute atomic E-state index is 0.0278. The van der Waals surface area contributed by atoms with Crippen LogP contribution in [0.2, 0.25) is 0 Å². The maximum Gasteiger partial charge on any atom is 0.303 e. The molecule has 0 radical (unpaired) electrons. The van der Waals surface area contributed by atoms with E-state index in [2.05, 4.69) is 0 Å². The molecular formula is C13H16FNO3. The maximum atomic E-state index is 13.1. The van der Waals surface area contributed by atoms with Gasteiger partial charge in [-0.15, -0.1) is 0 Å². The van der Waals surface area contributed by atoms with Gasteiger partial charge in [0.05, 0.1) is 0 Å². The second kappa shape index (κ2) is 6.14. The molecule has 0 aromatic heterocycles. The van der Waals surface area contributed by atoms with Crippen molar-refractivity contribution in [3.63, 3.8) is 0 Å². The largest absolute Gasteiger partial charge is 0.481 e. The van der Waals surface area contributed by atoms with E-state index in [0.717, 1.165) is 0 Å². The second-order valence-corrected chi connectivity index (χ2v) is 4.19. The Labute approximate surface area is 105 Å². The van der Waals surface area contributed by atoms with Crippen molar-refractivity contribution in [3.05, 3.63) is 35.1 Å². The fraction of sp³-hybridized carbons (Fsp3) is 0.385. The van der Waals surface area contributed by atoms with Crippen molar-refractivity contribution >= 4 is 11.9 Å². The van der Waals surface area contributed by atoms with Crippen LogP contribution in [-0.2, 0) is 4.79 Å². The maximum absolute atomic E-state index is 13.1. The highest BCUT2D eigenvalue weighted by molar-refractivity contribution is 5.94. The average Bonchev–Trinajstić information content (AvgIpc) is 2.31. The van der Waals surface area contributed by atoms with Crippen LogP contribution in [0.15, 0.2) is 18.2 Å². The molecule has 1 aromatic rings. The number of halogens is 1. The molecule has 98 valence electrons. The molecule has 1 aromatic carbocycles. The van der Waals surface area contributed by atoms with Crippen molar-refractivity contribution in [1.82, 2.24) is 4.90 Å². The van der Waals surface area contributed by atoms with Gasteiger partial charge in [0.1, 0.15) is 5.82 Å². The van der Waals surface area contributed by atoms with Crippen molar-refractivity contribution in [3.8, 4) is 0 Å². The number of benzene rings is 1. The van der Waals surface area contributed by atoms with E-state index in [1.165, 1.54) is 23.1 Å². The number of amides is 1. The van der Waals surface area contributed by atoms with Gasteiger partial charge in [-0.3, -0.25) is 9.59 Å². The number of hydrogen-bond acceptors (Lipinski definition) is 2. The molecule has 0 aliphatic heterocycles. The molecule has 0 bridgehead atoms. The summed E-state index contributed by atoms with van der Waals surface area (Å²) < 4.78 is 13.1. The van der Waals surface area contributed by atoms with Gasteiger partial charge in [0.2, 0.25) is 0 Å². The summed E-state index contributed by atoms with van der Waals surface area (Å²) in [6.07, 6.45) is 0.428. The molecule has 0 heterocycles. The third-order valence-corrected chi connectivity index (χ3v) is 2.64. The summed E-state index contributed by atoms with van der Waals surface area (Å²) in [5.74, 6) is -1.46. The number of hydrogen-bond donors (Lipinski definition) is 1. The molecule has 0 saturated heterocycles. The highest BCUT2D eigenvalue weighted by Gasteiger charge is 2.12. The molecule has 18 heavy (non-hydrogen) atoms. The molecule has 1 amide bonds. The number of carboxylic acids is 1. The van der Waals surface area contributed by atoms with Crippen LogP contribution in [0.3, 0.4) is 0 Å². The zero-order valence-corrected chi connectivity index (χ0v) is 10.4. The van der Waals surface area contributed by atoms with Crippen molar-refractivity contribution < 1.29 is 19.1 Å². The fourth-order valence-corrected chi connectivity index (χ4v) is 1.57. The molecule has 4 nitrogen and oxygen atoms in total. The van der Waals surface area contributed by atoms with Gasteiger partial charge >= 0.3 is 5.97 Å². The SMILES string of the molecule is Cc1cc(C(=O)N(C)CCCC(=O)O)ccc1F. The smallest absolute Gasteiger partial charge is 0.303 e. The van der Waals surface area contributed by atoms with Gasteiger partial charge in [-0.25, -0.2) is 4.39 Å². The van der Waals surface area contributed by atoms with E-state index in [-0.39, 0.29) is 18.1 Å². The van der Waals surface area contributed by atoms with Gasteiger partial charge in [-0.05, 0) is 37.1 Å². The van der Waals surface area contributed by atoms with Crippen molar-refractivity contribution in [2.45, 2.75) is 19.8 Å². The summed E-state index contributed by atoms with van der Waals surface area (Å²) in [6.45, 7) is 1.96. The highest BCUT2D eigenvalue weighted by Crippen LogP contribution is 2.11. The number of carbonyl (C=O) groups excluding carboxylic acids is 1. The molecule has 0 atom stereocenters. The molecular weight excluding hydrogens is 237 g/mol. The molecule has 0 saturated carbocycles. The lowest BCUT2D eigenvalue weighted by Crippen LogP contribution is -2.28. The van der Waals surface area contributed by atoms with E-state index in [0.29, 0.717) is 24.1 Å². The Morgan fingerprint density at radius 1 is 1.39 bits per heavy atom. The van der Waals surface area contributed by atoms with Gasteiger partial charge in [0.25, 0.3) is 5.91 Å². The zero-order chi connectivity index (χ0) is 13.7. The van der Waals surface area contributed by atoms with E-state index in [1.54, 1.807) is 14.0 Å². The molecule has 1 N–H and O–H groups in total. The molecule has 0 unspecified atom stereocenters. The van der Waals surface area contributed by atoms with Crippen molar-refractivity contribution in [2.75, 3.05) is 13.6 Å². The van der Waals surface area contributed by atoms with Crippen LogP contribution < -0.4 is 0 Å². The Bertz CT molecular complexity index is 460. The van der Waals surface area contributed by atoms with E-state index < -0.39 is 5.97 Å².